The molecule has 0 saturated carbocycles. The van der Waals surface area contributed by atoms with E-state index in [1.165, 1.54) is 12.4 Å². The molecule has 4 rings (SSSR count). The van der Waals surface area contributed by atoms with Gasteiger partial charge in [0, 0.05) is 18.4 Å². The number of nitrogens with one attached hydrogen (secondary N) is 1. The second kappa shape index (κ2) is 6.21. The highest BCUT2D eigenvalue weighted by atomic mass is 19.4. The summed E-state index contributed by atoms with van der Waals surface area (Å²) >= 11 is 0. The molecule has 2 aliphatic heterocycles. The second-order valence-corrected chi connectivity index (χ2v) is 8.16. The number of hydrogen-bond donors (Lipinski definition) is 1. The number of alkyl halides is 3. The molecule has 2 bridgehead atoms. The Kier molecular flexibility index (Phi) is 4.16. The lowest BCUT2D eigenvalue weighted by atomic mass is 9.95. The van der Waals surface area contributed by atoms with E-state index in [0.717, 1.165) is 17.2 Å². The van der Waals surface area contributed by atoms with Crippen molar-refractivity contribution in [1.29, 1.82) is 0 Å². The summed E-state index contributed by atoms with van der Waals surface area (Å²) in [6, 6.07) is -0.205. The summed E-state index contributed by atoms with van der Waals surface area (Å²) in [6.45, 7) is 5.44. The summed E-state index contributed by atoms with van der Waals surface area (Å²) in [7, 11) is 0. The molecule has 1 N–H and O–H groups in total. The van der Waals surface area contributed by atoms with E-state index in [1.807, 2.05) is 20.8 Å². The Hall–Kier alpha value is -2.59. The number of carbonyl (C=O) groups excluding carboxylic acids is 1. The largest absolute Gasteiger partial charge is 0.452 e. The van der Waals surface area contributed by atoms with Crippen LogP contribution in [-0.2, 0) is 10.9 Å². The molecule has 2 aromatic rings. The third-order valence-corrected chi connectivity index (χ3v) is 5.04. The number of fused-ring (bicyclic) bond motifs is 3. The fourth-order valence-electron chi connectivity index (χ4n) is 4.04. The molecule has 2 fully saturated rings. The number of aromatic nitrogens is 4. The Balaban J connectivity index is 1.56. The van der Waals surface area contributed by atoms with E-state index in [9.17, 15) is 18.0 Å². The minimum Gasteiger partial charge on any atom is -0.444 e. The second-order valence-electron chi connectivity index (χ2n) is 8.16. The van der Waals surface area contributed by atoms with Crippen LogP contribution in [0.25, 0.3) is 5.65 Å². The molecule has 2 aliphatic rings. The molecule has 8 nitrogen and oxygen atoms in total. The number of halogens is 3. The highest BCUT2D eigenvalue weighted by molar-refractivity contribution is 5.71. The summed E-state index contributed by atoms with van der Waals surface area (Å²) in [5, 5.41) is 10.1. The van der Waals surface area contributed by atoms with Crippen LogP contribution in [0.1, 0.15) is 45.9 Å². The summed E-state index contributed by atoms with van der Waals surface area (Å²) < 4.78 is 45.6. The Morgan fingerprint density at radius 2 is 2.00 bits per heavy atom. The first-order valence-corrected chi connectivity index (χ1v) is 9.09. The zero-order valence-electron chi connectivity index (χ0n) is 15.7. The van der Waals surface area contributed by atoms with Gasteiger partial charge in [-0.1, -0.05) is 0 Å². The maximum atomic E-state index is 13.1. The molecule has 0 radical (unpaired) electrons. The molecule has 4 heterocycles. The van der Waals surface area contributed by atoms with Crippen molar-refractivity contribution in [2.75, 3.05) is 5.32 Å². The Morgan fingerprint density at radius 3 is 2.68 bits per heavy atom. The average Bonchev–Trinajstić information content (AvgIpc) is 3.24. The third kappa shape index (κ3) is 3.22. The third-order valence-electron chi connectivity index (χ3n) is 5.04. The predicted molar refractivity (Wildman–Crippen MR) is 92.7 cm³/mol. The fraction of sp³-hybridized carbons (Fsp3) is 0.647. The first-order valence-electron chi connectivity index (χ1n) is 9.09. The molecule has 3 unspecified atom stereocenters. The molecular weight excluding hydrogens is 377 g/mol. The lowest BCUT2D eigenvalue weighted by Gasteiger charge is -2.28. The zero-order valence-corrected chi connectivity index (χ0v) is 15.7. The molecule has 0 aromatic carbocycles. The van der Waals surface area contributed by atoms with Gasteiger partial charge in [-0.3, -0.25) is 4.40 Å². The van der Waals surface area contributed by atoms with Gasteiger partial charge in [-0.15, -0.1) is 10.2 Å². The molecule has 3 atom stereocenters. The first-order chi connectivity index (χ1) is 13.0. The summed E-state index contributed by atoms with van der Waals surface area (Å²) in [5.74, 6) is -0.886. The van der Waals surface area contributed by atoms with Crippen LogP contribution < -0.4 is 5.32 Å². The highest BCUT2D eigenvalue weighted by Crippen LogP contribution is 2.40. The summed E-state index contributed by atoms with van der Waals surface area (Å²) in [6.07, 6.45) is -0.180. The molecule has 11 heteroatoms. The minimum atomic E-state index is -4.61. The van der Waals surface area contributed by atoms with Crippen molar-refractivity contribution in [2.24, 2.45) is 0 Å². The van der Waals surface area contributed by atoms with E-state index in [2.05, 4.69) is 20.5 Å². The van der Waals surface area contributed by atoms with Gasteiger partial charge in [0.1, 0.15) is 5.60 Å². The van der Waals surface area contributed by atoms with Gasteiger partial charge in [0.15, 0.2) is 5.82 Å². The van der Waals surface area contributed by atoms with E-state index < -0.39 is 17.6 Å². The number of anilines is 1. The molecular formula is C17H21F3N6O2. The van der Waals surface area contributed by atoms with E-state index in [1.54, 1.807) is 4.90 Å². The molecule has 0 spiro atoms. The average molecular weight is 398 g/mol. The van der Waals surface area contributed by atoms with Gasteiger partial charge in [-0.25, -0.2) is 9.78 Å². The van der Waals surface area contributed by atoms with Gasteiger partial charge in [0.05, 0.1) is 12.1 Å². The van der Waals surface area contributed by atoms with Crippen LogP contribution >= 0.6 is 0 Å². The van der Waals surface area contributed by atoms with Gasteiger partial charge in [-0.05, 0) is 40.0 Å². The van der Waals surface area contributed by atoms with Crippen molar-refractivity contribution in [3.63, 3.8) is 0 Å². The normalized spacial score (nSPS) is 24.8. The SMILES string of the molecule is CC(C)(C)OC(=O)N1C2CCC1C(Nc1nccn3c(C(F)(F)F)nnc13)C2. The smallest absolute Gasteiger partial charge is 0.444 e. The number of rotatable bonds is 2. The monoisotopic (exact) mass is 398 g/mol. The molecule has 28 heavy (non-hydrogen) atoms. The lowest BCUT2D eigenvalue weighted by molar-refractivity contribution is -0.145. The van der Waals surface area contributed by atoms with E-state index in [0.29, 0.717) is 6.42 Å². The zero-order chi connectivity index (χ0) is 20.3. The standard InChI is InChI=1S/C17H21F3N6O2/c1-16(2,3)28-15(27)26-9-4-5-11(26)10(8-9)22-12-13-23-24-14(17(18,19)20)25(13)7-6-21-12/h6-7,9-11H,4-5,8H2,1-3H3,(H,21,22). The van der Waals surface area contributed by atoms with Crippen molar-refractivity contribution < 1.29 is 22.7 Å². The Morgan fingerprint density at radius 1 is 1.25 bits per heavy atom. The predicted octanol–water partition coefficient (Wildman–Crippen LogP) is 3.10. The number of carbonyl (C=O) groups is 1. The van der Waals surface area contributed by atoms with E-state index in [4.69, 9.17) is 4.74 Å². The van der Waals surface area contributed by atoms with Gasteiger partial charge >= 0.3 is 12.3 Å². The van der Waals surface area contributed by atoms with E-state index in [-0.39, 0.29) is 35.7 Å². The van der Waals surface area contributed by atoms with Crippen molar-refractivity contribution in [3.8, 4) is 0 Å². The van der Waals surface area contributed by atoms with Crippen LogP contribution in [0.2, 0.25) is 0 Å². The van der Waals surface area contributed by atoms with Crippen LogP contribution in [0.4, 0.5) is 23.8 Å². The Bertz CT molecular complexity index is 906. The maximum absolute atomic E-state index is 13.1. The maximum Gasteiger partial charge on any atom is 0.452 e. The van der Waals surface area contributed by atoms with E-state index >= 15 is 0 Å². The first kappa shape index (κ1) is 18.8. The van der Waals surface area contributed by atoms with Gasteiger partial charge < -0.3 is 15.0 Å². The molecule has 2 saturated heterocycles. The topological polar surface area (TPSA) is 84.7 Å². The van der Waals surface area contributed by atoms with Crippen LogP contribution in [-0.4, -0.2) is 54.3 Å². The van der Waals surface area contributed by atoms with Gasteiger partial charge in [0.2, 0.25) is 11.5 Å². The van der Waals surface area contributed by atoms with Crippen molar-refractivity contribution >= 4 is 17.6 Å². The number of ether oxygens (including phenoxy) is 1. The van der Waals surface area contributed by atoms with Crippen LogP contribution in [0.15, 0.2) is 12.4 Å². The van der Waals surface area contributed by atoms with Gasteiger partial charge in [0.25, 0.3) is 0 Å². The van der Waals surface area contributed by atoms with Crippen LogP contribution in [0, 0.1) is 0 Å². The number of nitrogens with zero attached hydrogens (tertiary/aromatic N) is 5. The molecule has 1 amide bonds. The molecule has 2 aromatic heterocycles. The van der Waals surface area contributed by atoms with Crippen LogP contribution in [0.3, 0.4) is 0 Å². The van der Waals surface area contributed by atoms with Crippen molar-refractivity contribution in [2.45, 2.75) is 69.9 Å². The Labute approximate surface area is 159 Å². The number of hydrogen-bond acceptors (Lipinski definition) is 6. The molecule has 0 aliphatic carbocycles. The summed E-state index contributed by atoms with van der Waals surface area (Å²) in [5.41, 5.74) is -0.591. The summed E-state index contributed by atoms with van der Waals surface area (Å²) in [4.78, 5) is 18.4. The van der Waals surface area contributed by atoms with Gasteiger partial charge in [-0.2, -0.15) is 13.2 Å². The van der Waals surface area contributed by atoms with Crippen LogP contribution in [0.5, 0.6) is 0 Å². The molecule has 152 valence electrons. The minimum absolute atomic E-state index is 0.00131. The fourth-order valence-corrected chi connectivity index (χ4v) is 4.04. The van der Waals surface area contributed by atoms with Crippen molar-refractivity contribution in [3.05, 3.63) is 18.2 Å². The number of amides is 1. The highest BCUT2D eigenvalue weighted by Gasteiger charge is 2.50. The lowest BCUT2D eigenvalue weighted by Crippen LogP contribution is -2.42. The van der Waals surface area contributed by atoms with Crippen molar-refractivity contribution in [1.82, 2.24) is 24.5 Å². The quantitative estimate of drug-likeness (QED) is 0.837.